The molecule has 0 saturated carbocycles. The zero-order valence-corrected chi connectivity index (χ0v) is 10.3. The molecule has 1 aromatic rings. The quantitative estimate of drug-likeness (QED) is 0.638. The van der Waals surface area contributed by atoms with Crippen LogP contribution in [-0.4, -0.2) is 17.4 Å². The minimum absolute atomic E-state index is 0.600. The first-order valence-electron chi connectivity index (χ1n) is 5.39. The lowest BCUT2D eigenvalue weighted by Gasteiger charge is -2.20. The average molecular weight is 235 g/mol. The number of carbonyl (C=O) groups is 2. The van der Waals surface area contributed by atoms with E-state index in [1.54, 1.807) is 45.0 Å². The van der Waals surface area contributed by atoms with Crippen LogP contribution in [0.4, 0.5) is 0 Å². The summed E-state index contributed by atoms with van der Waals surface area (Å²) in [6.45, 7) is 5.10. The Bertz CT molecular complexity index is 406. The molecule has 4 heteroatoms. The van der Waals surface area contributed by atoms with E-state index in [9.17, 15) is 9.59 Å². The Kier molecular flexibility index (Phi) is 4.02. The smallest absolute Gasteiger partial charge is 0.377 e. The second-order valence-electron chi connectivity index (χ2n) is 4.75. The van der Waals surface area contributed by atoms with Crippen LogP contribution in [0.1, 0.15) is 32.4 Å². The van der Waals surface area contributed by atoms with E-state index in [1.165, 1.54) is 0 Å². The normalized spacial score (nSPS) is 12.9. The Labute approximate surface area is 101 Å². The molecule has 1 atom stereocenters. The second kappa shape index (κ2) is 5.10. The first kappa shape index (κ1) is 13.4. The third-order valence-corrected chi connectivity index (χ3v) is 2.04. The number of rotatable bonds is 3. The fraction of sp³-hybridized carbons (Fsp3) is 0.385. The van der Waals surface area contributed by atoms with Gasteiger partial charge in [0.25, 0.3) is 5.78 Å². The largest absolute Gasteiger partial charge is 0.454 e. The van der Waals surface area contributed by atoms with Gasteiger partial charge in [0, 0.05) is 0 Å². The summed E-state index contributed by atoms with van der Waals surface area (Å²) in [5.41, 5.74) is 5.62. The molecule has 0 heterocycles. The Morgan fingerprint density at radius 1 is 1.18 bits per heavy atom. The van der Waals surface area contributed by atoms with Crippen LogP contribution >= 0.6 is 0 Å². The van der Waals surface area contributed by atoms with Crippen molar-refractivity contribution in [1.82, 2.24) is 0 Å². The molecule has 0 saturated heterocycles. The molecule has 0 aromatic heterocycles. The van der Waals surface area contributed by atoms with Crippen LogP contribution in [0.25, 0.3) is 0 Å². The van der Waals surface area contributed by atoms with Crippen LogP contribution < -0.4 is 5.73 Å². The van der Waals surface area contributed by atoms with E-state index < -0.39 is 23.4 Å². The van der Waals surface area contributed by atoms with E-state index in [2.05, 4.69) is 0 Å². The van der Waals surface area contributed by atoms with Crippen molar-refractivity contribution < 1.29 is 14.3 Å². The molecule has 0 aliphatic carbocycles. The minimum Gasteiger partial charge on any atom is -0.454 e. The van der Waals surface area contributed by atoms with E-state index in [0.29, 0.717) is 5.56 Å². The molecule has 1 rings (SSSR count). The van der Waals surface area contributed by atoms with Crippen molar-refractivity contribution in [2.24, 2.45) is 5.73 Å². The number of benzene rings is 1. The zero-order chi connectivity index (χ0) is 13.1. The highest BCUT2D eigenvalue weighted by Gasteiger charge is 2.28. The van der Waals surface area contributed by atoms with Gasteiger partial charge >= 0.3 is 5.97 Å². The maximum atomic E-state index is 11.7. The van der Waals surface area contributed by atoms with Crippen molar-refractivity contribution in [2.75, 3.05) is 0 Å². The Morgan fingerprint density at radius 2 is 1.71 bits per heavy atom. The highest BCUT2D eigenvalue weighted by molar-refractivity contribution is 6.35. The highest BCUT2D eigenvalue weighted by Crippen LogP contribution is 2.14. The molecule has 0 radical (unpaired) electrons. The predicted octanol–water partition coefficient (Wildman–Crippen LogP) is 1.60. The Balaban J connectivity index is 2.74. The van der Waals surface area contributed by atoms with Gasteiger partial charge in [-0.15, -0.1) is 0 Å². The minimum atomic E-state index is -0.967. The van der Waals surface area contributed by atoms with Crippen molar-refractivity contribution in [2.45, 2.75) is 32.4 Å². The number of carbonyl (C=O) groups excluding carboxylic acids is 2. The first-order valence-corrected chi connectivity index (χ1v) is 5.39. The van der Waals surface area contributed by atoms with Gasteiger partial charge < -0.3 is 10.5 Å². The van der Waals surface area contributed by atoms with E-state index in [4.69, 9.17) is 10.5 Å². The number of hydrogen-bond donors (Lipinski definition) is 1. The average Bonchev–Trinajstić information content (AvgIpc) is 2.26. The molecule has 2 N–H and O–H groups in total. The van der Waals surface area contributed by atoms with Crippen LogP contribution in [0.5, 0.6) is 0 Å². The lowest BCUT2D eigenvalue weighted by atomic mass is 10.0. The second-order valence-corrected chi connectivity index (χ2v) is 4.75. The molecule has 0 aliphatic heterocycles. The van der Waals surface area contributed by atoms with Crippen molar-refractivity contribution in [3.05, 3.63) is 35.9 Å². The Morgan fingerprint density at radius 3 is 2.18 bits per heavy atom. The highest BCUT2D eigenvalue weighted by atomic mass is 16.6. The molecule has 1 aromatic carbocycles. The van der Waals surface area contributed by atoms with Crippen LogP contribution in [-0.2, 0) is 14.3 Å². The van der Waals surface area contributed by atoms with Gasteiger partial charge in [0.1, 0.15) is 11.6 Å². The molecule has 92 valence electrons. The molecular formula is C13H17NO3. The van der Waals surface area contributed by atoms with Crippen LogP contribution in [0.3, 0.4) is 0 Å². The molecular weight excluding hydrogens is 218 g/mol. The SMILES string of the molecule is CC(C)(C)OC(=O)C(=O)[C@H](N)c1ccccc1. The standard InChI is InChI=1S/C13H17NO3/c1-13(2,3)17-12(16)11(15)10(14)9-7-5-4-6-8-9/h4-8,10H,14H2,1-3H3/t10-/m1/s1. The van der Waals surface area contributed by atoms with Gasteiger partial charge in [0.15, 0.2) is 0 Å². The summed E-state index contributed by atoms with van der Waals surface area (Å²) >= 11 is 0. The monoisotopic (exact) mass is 235 g/mol. The van der Waals surface area contributed by atoms with Gasteiger partial charge in [-0.25, -0.2) is 4.79 Å². The van der Waals surface area contributed by atoms with Gasteiger partial charge in [0.05, 0.1) is 0 Å². The third kappa shape index (κ3) is 4.00. The van der Waals surface area contributed by atoms with E-state index in [0.717, 1.165) is 0 Å². The summed E-state index contributed by atoms with van der Waals surface area (Å²) in [6, 6.07) is 7.77. The molecule has 0 bridgehead atoms. The molecule has 0 aliphatic rings. The number of esters is 1. The van der Waals surface area contributed by atoms with Crippen molar-refractivity contribution in [3.8, 4) is 0 Å². The maximum absolute atomic E-state index is 11.7. The van der Waals surface area contributed by atoms with Gasteiger partial charge in [-0.05, 0) is 26.3 Å². The summed E-state index contributed by atoms with van der Waals surface area (Å²) in [7, 11) is 0. The third-order valence-electron chi connectivity index (χ3n) is 2.04. The van der Waals surface area contributed by atoms with Crippen LogP contribution in [0, 0.1) is 0 Å². The fourth-order valence-corrected chi connectivity index (χ4v) is 1.27. The van der Waals surface area contributed by atoms with Crippen molar-refractivity contribution in [1.29, 1.82) is 0 Å². The van der Waals surface area contributed by atoms with E-state index in [1.807, 2.05) is 6.07 Å². The van der Waals surface area contributed by atoms with Crippen molar-refractivity contribution >= 4 is 11.8 Å². The number of Topliss-reactive ketones (excluding diaryl/α,β-unsaturated/α-hetero) is 1. The molecule has 0 fully saturated rings. The fourth-order valence-electron chi connectivity index (χ4n) is 1.27. The van der Waals surface area contributed by atoms with E-state index in [-0.39, 0.29) is 0 Å². The lowest BCUT2D eigenvalue weighted by molar-refractivity contribution is -0.163. The Hall–Kier alpha value is -1.68. The predicted molar refractivity (Wildman–Crippen MR) is 64.2 cm³/mol. The molecule has 17 heavy (non-hydrogen) atoms. The van der Waals surface area contributed by atoms with Gasteiger partial charge in [-0.1, -0.05) is 30.3 Å². The number of nitrogens with two attached hydrogens (primary N) is 1. The number of hydrogen-bond acceptors (Lipinski definition) is 4. The molecule has 4 nitrogen and oxygen atoms in total. The number of ketones is 1. The summed E-state index contributed by atoms with van der Waals surface area (Å²) in [5.74, 6) is -1.63. The summed E-state index contributed by atoms with van der Waals surface area (Å²) in [6.07, 6.45) is 0. The molecule has 0 amide bonds. The summed E-state index contributed by atoms with van der Waals surface area (Å²) in [4.78, 5) is 23.2. The zero-order valence-electron chi connectivity index (χ0n) is 10.3. The maximum Gasteiger partial charge on any atom is 0.377 e. The number of ether oxygens (including phenoxy) is 1. The molecule has 0 unspecified atom stereocenters. The van der Waals surface area contributed by atoms with Gasteiger partial charge in [-0.3, -0.25) is 4.79 Å². The van der Waals surface area contributed by atoms with Gasteiger partial charge in [-0.2, -0.15) is 0 Å². The van der Waals surface area contributed by atoms with Gasteiger partial charge in [0.2, 0.25) is 0 Å². The van der Waals surface area contributed by atoms with E-state index >= 15 is 0 Å². The van der Waals surface area contributed by atoms with Crippen LogP contribution in [0.2, 0.25) is 0 Å². The summed E-state index contributed by atoms with van der Waals surface area (Å²) < 4.78 is 4.97. The van der Waals surface area contributed by atoms with Crippen molar-refractivity contribution in [3.63, 3.8) is 0 Å². The topological polar surface area (TPSA) is 69.4 Å². The summed E-state index contributed by atoms with van der Waals surface area (Å²) in [5, 5.41) is 0. The molecule has 0 spiro atoms. The van der Waals surface area contributed by atoms with Crippen LogP contribution in [0.15, 0.2) is 30.3 Å². The lowest BCUT2D eigenvalue weighted by Crippen LogP contribution is -2.34. The first-order chi connectivity index (χ1) is 7.81.